The first-order chi connectivity index (χ1) is 9.24. The number of thioether (sulfide) groups is 1. The SMILES string of the molecule is COc1ccc(CN)c(SCc2ccccc2C)c1. The van der Waals surface area contributed by atoms with Crippen LogP contribution in [0.1, 0.15) is 16.7 Å². The van der Waals surface area contributed by atoms with E-state index in [0.717, 1.165) is 11.5 Å². The third-order valence-corrected chi connectivity index (χ3v) is 4.29. The molecule has 0 aliphatic carbocycles. The van der Waals surface area contributed by atoms with Crippen LogP contribution < -0.4 is 10.5 Å². The molecule has 0 atom stereocenters. The fraction of sp³-hybridized carbons (Fsp3) is 0.250. The van der Waals surface area contributed by atoms with Crippen molar-refractivity contribution in [3.8, 4) is 5.75 Å². The molecule has 0 spiro atoms. The van der Waals surface area contributed by atoms with Crippen molar-refractivity contribution < 1.29 is 4.74 Å². The Morgan fingerprint density at radius 1 is 1.11 bits per heavy atom. The standard InChI is InChI=1S/C16H19NOS/c1-12-5-3-4-6-14(12)11-19-16-9-15(18-2)8-7-13(16)10-17/h3-9H,10-11,17H2,1-2H3. The summed E-state index contributed by atoms with van der Waals surface area (Å²) in [6.07, 6.45) is 0. The van der Waals surface area contributed by atoms with Crippen LogP contribution in [0.4, 0.5) is 0 Å². The molecule has 0 bridgehead atoms. The molecule has 0 saturated heterocycles. The first kappa shape index (κ1) is 14.0. The molecule has 0 radical (unpaired) electrons. The molecule has 2 N–H and O–H groups in total. The van der Waals surface area contributed by atoms with Crippen LogP contribution in [0.3, 0.4) is 0 Å². The summed E-state index contributed by atoms with van der Waals surface area (Å²) < 4.78 is 5.28. The van der Waals surface area contributed by atoms with E-state index in [9.17, 15) is 0 Å². The number of rotatable bonds is 5. The highest BCUT2D eigenvalue weighted by Gasteiger charge is 2.05. The molecule has 100 valence electrons. The normalized spacial score (nSPS) is 10.5. The lowest BCUT2D eigenvalue weighted by Crippen LogP contribution is -1.99. The average molecular weight is 273 g/mol. The molecule has 0 saturated carbocycles. The summed E-state index contributed by atoms with van der Waals surface area (Å²) >= 11 is 1.81. The third-order valence-electron chi connectivity index (χ3n) is 3.14. The highest BCUT2D eigenvalue weighted by molar-refractivity contribution is 7.98. The van der Waals surface area contributed by atoms with Crippen LogP contribution in [0.5, 0.6) is 5.75 Å². The molecule has 2 aromatic carbocycles. The highest BCUT2D eigenvalue weighted by Crippen LogP contribution is 2.30. The van der Waals surface area contributed by atoms with Gasteiger partial charge in [-0.1, -0.05) is 30.3 Å². The van der Waals surface area contributed by atoms with Gasteiger partial charge in [0.05, 0.1) is 7.11 Å². The van der Waals surface area contributed by atoms with E-state index in [1.165, 1.54) is 21.6 Å². The van der Waals surface area contributed by atoms with E-state index in [2.05, 4.69) is 37.3 Å². The van der Waals surface area contributed by atoms with Gasteiger partial charge in [0.25, 0.3) is 0 Å². The minimum absolute atomic E-state index is 0.556. The second-order valence-corrected chi connectivity index (χ2v) is 5.41. The van der Waals surface area contributed by atoms with Crippen molar-refractivity contribution in [2.75, 3.05) is 7.11 Å². The Morgan fingerprint density at radius 2 is 1.89 bits per heavy atom. The van der Waals surface area contributed by atoms with Gasteiger partial charge in [0.1, 0.15) is 5.75 Å². The van der Waals surface area contributed by atoms with Gasteiger partial charge >= 0.3 is 0 Å². The van der Waals surface area contributed by atoms with Crippen LogP contribution in [-0.2, 0) is 12.3 Å². The van der Waals surface area contributed by atoms with Crippen molar-refractivity contribution >= 4 is 11.8 Å². The number of benzene rings is 2. The van der Waals surface area contributed by atoms with Gasteiger partial charge in [-0.25, -0.2) is 0 Å². The van der Waals surface area contributed by atoms with Crippen LogP contribution in [0, 0.1) is 6.92 Å². The predicted molar refractivity (Wildman–Crippen MR) is 81.6 cm³/mol. The second kappa shape index (κ2) is 6.64. The molecular weight excluding hydrogens is 254 g/mol. The maximum absolute atomic E-state index is 5.79. The first-order valence-corrected chi connectivity index (χ1v) is 7.27. The molecule has 2 aromatic rings. The van der Waals surface area contributed by atoms with Gasteiger partial charge < -0.3 is 10.5 Å². The van der Waals surface area contributed by atoms with Crippen molar-refractivity contribution in [1.82, 2.24) is 0 Å². The van der Waals surface area contributed by atoms with Gasteiger partial charge in [-0.15, -0.1) is 11.8 Å². The summed E-state index contributed by atoms with van der Waals surface area (Å²) in [4.78, 5) is 1.20. The van der Waals surface area contributed by atoms with Crippen LogP contribution in [-0.4, -0.2) is 7.11 Å². The van der Waals surface area contributed by atoms with Crippen molar-refractivity contribution in [1.29, 1.82) is 0 Å². The number of nitrogens with two attached hydrogens (primary N) is 1. The molecule has 19 heavy (non-hydrogen) atoms. The maximum atomic E-state index is 5.79. The van der Waals surface area contributed by atoms with E-state index in [-0.39, 0.29) is 0 Å². The summed E-state index contributed by atoms with van der Waals surface area (Å²) in [5, 5.41) is 0. The number of ether oxygens (including phenoxy) is 1. The van der Waals surface area contributed by atoms with Crippen molar-refractivity contribution in [3.63, 3.8) is 0 Å². The van der Waals surface area contributed by atoms with E-state index >= 15 is 0 Å². The van der Waals surface area contributed by atoms with Crippen LogP contribution in [0.15, 0.2) is 47.4 Å². The molecule has 0 amide bonds. The Labute approximate surface area is 119 Å². The van der Waals surface area contributed by atoms with E-state index in [4.69, 9.17) is 10.5 Å². The van der Waals surface area contributed by atoms with E-state index < -0.39 is 0 Å². The molecule has 0 aliphatic rings. The Morgan fingerprint density at radius 3 is 2.58 bits per heavy atom. The first-order valence-electron chi connectivity index (χ1n) is 6.29. The van der Waals surface area contributed by atoms with Gasteiger partial charge in [-0.2, -0.15) is 0 Å². The lowest BCUT2D eigenvalue weighted by molar-refractivity contribution is 0.413. The van der Waals surface area contributed by atoms with Gasteiger partial charge in [-0.3, -0.25) is 0 Å². The minimum Gasteiger partial charge on any atom is -0.497 e. The summed E-state index contributed by atoms with van der Waals surface area (Å²) in [6.45, 7) is 2.70. The van der Waals surface area contributed by atoms with Gasteiger partial charge in [0.2, 0.25) is 0 Å². The quantitative estimate of drug-likeness (QED) is 0.843. The minimum atomic E-state index is 0.556. The lowest BCUT2D eigenvalue weighted by Gasteiger charge is -2.11. The maximum Gasteiger partial charge on any atom is 0.119 e. The molecule has 0 fully saturated rings. The molecular formula is C16H19NOS. The second-order valence-electron chi connectivity index (χ2n) is 4.39. The number of aryl methyl sites for hydroxylation is 1. The zero-order valence-electron chi connectivity index (χ0n) is 11.3. The third kappa shape index (κ3) is 3.52. The van der Waals surface area contributed by atoms with Crippen molar-refractivity contribution in [3.05, 3.63) is 59.2 Å². The van der Waals surface area contributed by atoms with E-state index in [1.54, 1.807) is 7.11 Å². The molecule has 2 nitrogen and oxygen atoms in total. The van der Waals surface area contributed by atoms with Crippen LogP contribution in [0.2, 0.25) is 0 Å². The highest BCUT2D eigenvalue weighted by atomic mass is 32.2. The van der Waals surface area contributed by atoms with Crippen LogP contribution in [0.25, 0.3) is 0 Å². The summed E-state index contributed by atoms with van der Waals surface area (Å²) in [6, 6.07) is 14.5. The number of hydrogen-bond donors (Lipinski definition) is 1. The Hall–Kier alpha value is -1.45. The fourth-order valence-corrected chi connectivity index (χ4v) is 3.06. The average Bonchev–Trinajstić information content (AvgIpc) is 2.46. The van der Waals surface area contributed by atoms with E-state index in [1.807, 2.05) is 23.9 Å². The number of methoxy groups -OCH3 is 1. The molecule has 3 heteroatoms. The number of hydrogen-bond acceptors (Lipinski definition) is 3. The lowest BCUT2D eigenvalue weighted by atomic mass is 10.1. The molecule has 2 rings (SSSR count). The van der Waals surface area contributed by atoms with Crippen molar-refractivity contribution in [2.45, 2.75) is 24.1 Å². The smallest absolute Gasteiger partial charge is 0.119 e. The molecule has 0 aromatic heterocycles. The topological polar surface area (TPSA) is 35.2 Å². The zero-order chi connectivity index (χ0) is 13.7. The Kier molecular flexibility index (Phi) is 4.88. The fourth-order valence-electron chi connectivity index (χ4n) is 1.89. The van der Waals surface area contributed by atoms with Crippen molar-refractivity contribution in [2.24, 2.45) is 5.73 Å². The van der Waals surface area contributed by atoms with Gasteiger partial charge in [-0.05, 0) is 35.7 Å². The monoisotopic (exact) mass is 273 g/mol. The predicted octanol–water partition coefficient (Wildman–Crippen LogP) is 3.75. The molecule has 0 heterocycles. The summed E-state index contributed by atoms with van der Waals surface area (Å²) in [5.74, 6) is 1.83. The molecule has 0 aliphatic heterocycles. The largest absolute Gasteiger partial charge is 0.497 e. The van der Waals surface area contributed by atoms with Gasteiger partial charge in [0.15, 0.2) is 0 Å². The van der Waals surface area contributed by atoms with Crippen LogP contribution >= 0.6 is 11.8 Å². The Bertz CT molecular complexity index is 554. The summed E-state index contributed by atoms with van der Waals surface area (Å²) in [7, 11) is 1.69. The zero-order valence-corrected chi connectivity index (χ0v) is 12.2. The van der Waals surface area contributed by atoms with Gasteiger partial charge in [0, 0.05) is 17.2 Å². The summed E-state index contributed by atoms with van der Waals surface area (Å²) in [5.41, 5.74) is 9.64. The Balaban J connectivity index is 2.16. The molecule has 0 unspecified atom stereocenters. The van der Waals surface area contributed by atoms with E-state index in [0.29, 0.717) is 6.54 Å².